The Morgan fingerprint density at radius 1 is 1.33 bits per heavy atom. The molecule has 0 aliphatic rings. The van der Waals surface area contributed by atoms with E-state index in [4.69, 9.17) is 15.9 Å². The van der Waals surface area contributed by atoms with Gasteiger partial charge in [-0.05, 0) is 31.4 Å². The van der Waals surface area contributed by atoms with Gasteiger partial charge < -0.3 is 21.3 Å². The molecule has 0 amide bonds. The van der Waals surface area contributed by atoms with Crippen molar-refractivity contribution in [1.29, 1.82) is 0 Å². The zero-order valence-corrected chi connectivity index (χ0v) is 9.95. The molecule has 0 saturated heterocycles. The van der Waals surface area contributed by atoms with Crippen molar-refractivity contribution < 1.29 is 19.4 Å². The van der Waals surface area contributed by atoms with E-state index in [-0.39, 0.29) is 17.9 Å². The highest BCUT2D eigenvalue weighted by Crippen LogP contribution is 2.25. The number of nitrogen functional groups attached to an aromatic ring is 1. The maximum absolute atomic E-state index is 13.2. The second-order valence-corrected chi connectivity index (χ2v) is 3.90. The Bertz CT molecular complexity index is 424. The Hall–Kier alpha value is -1.82. The Morgan fingerprint density at radius 3 is 2.67 bits per heavy atom. The number of aliphatic hydroxyl groups excluding tert-OH is 1. The Labute approximate surface area is 104 Å². The van der Waals surface area contributed by atoms with Crippen LogP contribution in [0.2, 0.25) is 0 Å². The van der Waals surface area contributed by atoms with Crippen molar-refractivity contribution in [2.24, 2.45) is 0 Å². The summed E-state index contributed by atoms with van der Waals surface area (Å²) in [5.41, 5.74) is 5.12. The number of hydrogen-bond acceptors (Lipinski definition) is 4. The third kappa shape index (κ3) is 3.59. The van der Waals surface area contributed by atoms with E-state index < -0.39 is 11.8 Å². The number of unbranched alkanes of at least 4 members (excludes halogenated alkanes) is 2. The summed E-state index contributed by atoms with van der Waals surface area (Å²) in [4.78, 5) is 11.0. The summed E-state index contributed by atoms with van der Waals surface area (Å²) >= 11 is 0. The molecule has 18 heavy (non-hydrogen) atoms. The van der Waals surface area contributed by atoms with E-state index in [9.17, 15) is 9.18 Å². The van der Waals surface area contributed by atoms with Gasteiger partial charge in [0.1, 0.15) is 11.4 Å². The van der Waals surface area contributed by atoms with Crippen LogP contribution in [0.4, 0.5) is 15.8 Å². The fourth-order valence-electron chi connectivity index (χ4n) is 1.61. The van der Waals surface area contributed by atoms with Crippen LogP contribution >= 0.6 is 0 Å². The molecule has 0 radical (unpaired) electrons. The molecule has 0 heterocycles. The van der Waals surface area contributed by atoms with E-state index >= 15 is 0 Å². The molecule has 5 nitrogen and oxygen atoms in total. The second-order valence-electron chi connectivity index (χ2n) is 3.90. The van der Waals surface area contributed by atoms with Crippen molar-refractivity contribution >= 4 is 17.3 Å². The Morgan fingerprint density at radius 2 is 2.06 bits per heavy atom. The van der Waals surface area contributed by atoms with Gasteiger partial charge in [0.05, 0.1) is 11.4 Å². The minimum atomic E-state index is -1.26. The number of carboxylic acid groups (broad SMARTS) is 1. The predicted octanol–water partition coefficient (Wildman–Crippen LogP) is 1.68. The molecular weight excluding hydrogens is 239 g/mol. The number of halogens is 1. The maximum Gasteiger partial charge on any atom is 0.340 e. The molecule has 0 spiro atoms. The summed E-state index contributed by atoms with van der Waals surface area (Å²) in [6.45, 7) is 0.690. The molecule has 100 valence electrons. The summed E-state index contributed by atoms with van der Waals surface area (Å²) < 4.78 is 13.2. The van der Waals surface area contributed by atoms with Crippen LogP contribution in [-0.2, 0) is 0 Å². The van der Waals surface area contributed by atoms with Crippen LogP contribution in [0, 0.1) is 5.82 Å². The van der Waals surface area contributed by atoms with Gasteiger partial charge in [0.25, 0.3) is 0 Å². The lowest BCUT2D eigenvalue weighted by Gasteiger charge is -2.11. The third-order valence-corrected chi connectivity index (χ3v) is 2.56. The monoisotopic (exact) mass is 256 g/mol. The number of anilines is 2. The highest BCUT2D eigenvalue weighted by Gasteiger charge is 2.16. The first kappa shape index (κ1) is 14.2. The first-order valence-electron chi connectivity index (χ1n) is 5.74. The number of nitrogens with one attached hydrogen (secondary N) is 1. The van der Waals surface area contributed by atoms with Crippen LogP contribution in [0.15, 0.2) is 12.1 Å². The molecule has 0 unspecified atom stereocenters. The second kappa shape index (κ2) is 6.80. The van der Waals surface area contributed by atoms with Gasteiger partial charge in [-0.2, -0.15) is 0 Å². The number of nitrogens with two attached hydrogens (primary N) is 1. The average Bonchev–Trinajstić information content (AvgIpc) is 2.33. The highest BCUT2D eigenvalue weighted by atomic mass is 19.1. The molecule has 0 aliphatic carbocycles. The zero-order valence-electron chi connectivity index (χ0n) is 9.95. The molecule has 1 rings (SSSR count). The number of aliphatic hydroxyl groups is 1. The van der Waals surface area contributed by atoms with E-state index in [2.05, 4.69) is 5.32 Å². The van der Waals surface area contributed by atoms with E-state index in [1.54, 1.807) is 0 Å². The van der Waals surface area contributed by atoms with Crippen LogP contribution < -0.4 is 11.1 Å². The lowest BCUT2D eigenvalue weighted by Crippen LogP contribution is -2.11. The largest absolute Gasteiger partial charge is 0.478 e. The topological polar surface area (TPSA) is 95.6 Å². The molecule has 0 aromatic heterocycles. The summed E-state index contributed by atoms with van der Waals surface area (Å²) in [5, 5.41) is 20.5. The van der Waals surface area contributed by atoms with Crippen molar-refractivity contribution in [2.45, 2.75) is 19.3 Å². The van der Waals surface area contributed by atoms with E-state index in [0.717, 1.165) is 18.9 Å². The quantitative estimate of drug-likeness (QED) is 0.440. The first-order chi connectivity index (χ1) is 8.57. The fourth-order valence-corrected chi connectivity index (χ4v) is 1.61. The molecule has 6 heteroatoms. The van der Waals surface area contributed by atoms with Gasteiger partial charge in [-0.1, -0.05) is 0 Å². The molecule has 0 fully saturated rings. The van der Waals surface area contributed by atoms with E-state index in [1.165, 1.54) is 6.07 Å². The van der Waals surface area contributed by atoms with Crippen molar-refractivity contribution in [3.05, 3.63) is 23.5 Å². The molecular formula is C12H17FN2O3. The summed E-state index contributed by atoms with van der Waals surface area (Å²) in [7, 11) is 0. The van der Waals surface area contributed by atoms with Crippen LogP contribution in [-0.4, -0.2) is 29.3 Å². The number of rotatable bonds is 7. The fraction of sp³-hybridized carbons (Fsp3) is 0.417. The van der Waals surface area contributed by atoms with Crippen molar-refractivity contribution in [1.82, 2.24) is 0 Å². The van der Waals surface area contributed by atoms with Gasteiger partial charge in [0.2, 0.25) is 0 Å². The minimum Gasteiger partial charge on any atom is -0.478 e. The van der Waals surface area contributed by atoms with Gasteiger partial charge in [-0.3, -0.25) is 0 Å². The van der Waals surface area contributed by atoms with E-state index in [0.29, 0.717) is 18.7 Å². The summed E-state index contributed by atoms with van der Waals surface area (Å²) in [6.07, 6.45) is 2.33. The third-order valence-electron chi connectivity index (χ3n) is 2.56. The van der Waals surface area contributed by atoms with Gasteiger partial charge in [0.15, 0.2) is 0 Å². The molecule has 5 N–H and O–H groups in total. The Balaban J connectivity index is 2.70. The summed E-state index contributed by atoms with van der Waals surface area (Å²) in [6, 6.07) is 2.50. The van der Waals surface area contributed by atoms with Gasteiger partial charge in [-0.25, -0.2) is 9.18 Å². The molecule has 1 aromatic rings. The summed E-state index contributed by atoms with van der Waals surface area (Å²) in [5.74, 6) is -2.00. The Kier molecular flexibility index (Phi) is 5.38. The number of benzene rings is 1. The highest BCUT2D eigenvalue weighted by molar-refractivity contribution is 6.00. The molecule has 1 aromatic carbocycles. The van der Waals surface area contributed by atoms with Gasteiger partial charge in [-0.15, -0.1) is 0 Å². The number of carbonyl (C=O) groups is 1. The zero-order chi connectivity index (χ0) is 13.5. The first-order valence-corrected chi connectivity index (χ1v) is 5.74. The predicted molar refractivity (Wildman–Crippen MR) is 67.2 cm³/mol. The smallest absolute Gasteiger partial charge is 0.340 e. The number of carboxylic acids is 1. The van der Waals surface area contributed by atoms with Crippen LogP contribution in [0.1, 0.15) is 29.6 Å². The lowest BCUT2D eigenvalue weighted by molar-refractivity contribution is 0.0698. The number of hydrogen-bond donors (Lipinski definition) is 4. The number of aromatic carboxylic acids is 1. The molecule has 0 bridgehead atoms. The van der Waals surface area contributed by atoms with Gasteiger partial charge in [0, 0.05) is 13.2 Å². The average molecular weight is 256 g/mol. The standard InChI is InChI=1S/C12H17FN2O3/c13-8-4-5-9(10(11(8)14)12(17)18)15-6-2-1-3-7-16/h4-5,15-16H,1-3,6-7,14H2,(H,17,18). The van der Waals surface area contributed by atoms with Crippen LogP contribution in [0.5, 0.6) is 0 Å². The SMILES string of the molecule is Nc1c(F)ccc(NCCCCCO)c1C(=O)O. The van der Waals surface area contributed by atoms with Gasteiger partial charge >= 0.3 is 5.97 Å². The molecule has 0 atom stereocenters. The lowest BCUT2D eigenvalue weighted by atomic mass is 10.1. The maximum atomic E-state index is 13.2. The van der Waals surface area contributed by atoms with Crippen molar-refractivity contribution in [3.63, 3.8) is 0 Å². The van der Waals surface area contributed by atoms with Crippen molar-refractivity contribution in [2.75, 3.05) is 24.2 Å². The molecule has 0 aliphatic heterocycles. The van der Waals surface area contributed by atoms with Crippen LogP contribution in [0.3, 0.4) is 0 Å². The normalized spacial score (nSPS) is 10.3. The van der Waals surface area contributed by atoms with E-state index in [1.807, 2.05) is 0 Å². The van der Waals surface area contributed by atoms with Crippen LogP contribution in [0.25, 0.3) is 0 Å². The minimum absolute atomic E-state index is 0.143. The van der Waals surface area contributed by atoms with Crippen molar-refractivity contribution in [3.8, 4) is 0 Å². The molecule has 0 saturated carbocycles.